The highest BCUT2D eigenvalue weighted by atomic mass is 15.2. The Morgan fingerprint density at radius 1 is 0.304 bits per heavy atom. The highest BCUT2D eigenvalue weighted by molar-refractivity contribution is 6.41. The number of para-hydroxylation sites is 4. The van der Waals surface area contributed by atoms with Crippen LogP contribution in [-0.2, 0) is 0 Å². The van der Waals surface area contributed by atoms with Crippen molar-refractivity contribution in [2.45, 2.75) is 0 Å². The van der Waals surface area contributed by atoms with E-state index in [9.17, 15) is 0 Å². The maximum Gasteiger partial charge on any atom is 0.235 e. The molecule has 13 rings (SSSR count). The highest BCUT2D eigenvalue weighted by Gasteiger charge is 2.24. The van der Waals surface area contributed by atoms with Crippen LogP contribution in [0.25, 0.3) is 120 Å². The fraction of sp³-hybridized carbons (Fsp3) is 0. The third-order valence-corrected chi connectivity index (χ3v) is 12.0. The molecule has 0 saturated heterocycles. The molecule has 0 atom stereocenters. The van der Waals surface area contributed by atoms with Crippen LogP contribution in [0.2, 0.25) is 0 Å². The van der Waals surface area contributed by atoms with Crippen molar-refractivity contribution in [1.29, 1.82) is 0 Å². The van der Waals surface area contributed by atoms with Crippen molar-refractivity contribution >= 4 is 97.6 Å². The fourth-order valence-corrected chi connectivity index (χ4v) is 9.80. The zero-order chi connectivity index (χ0) is 36.5. The van der Waals surface area contributed by atoms with Crippen molar-refractivity contribution in [3.8, 4) is 22.9 Å². The van der Waals surface area contributed by atoms with Crippen LogP contribution in [0.1, 0.15) is 0 Å². The van der Waals surface area contributed by atoms with Gasteiger partial charge in [0.25, 0.3) is 0 Å². The molecule has 0 aliphatic carbocycles. The van der Waals surface area contributed by atoms with E-state index in [1.807, 2.05) is 0 Å². The average Bonchev–Trinajstić information content (AvgIpc) is 3.78. The minimum atomic E-state index is 0.664. The molecule has 0 amide bonds. The quantitative estimate of drug-likeness (QED) is 0.135. The summed E-state index contributed by atoms with van der Waals surface area (Å²) in [5.41, 5.74) is 8.66. The van der Waals surface area contributed by atoms with Gasteiger partial charge in [-0.2, -0.15) is 0 Å². The molecule has 0 aliphatic rings. The van der Waals surface area contributed by atoms with Crippen LogP contribution >= 0.6 is 0 Å². The summed E-state index contributed by atoms with van der Waals surface area (Å²) >= 11 is 0. The summed E-state index contributed by atoms with van der Waals surface area (Å²) < 4.78 is 4.73. The van der Waals surface area contributed by atoms with Gasteiger partial charge in [0.2, 0.25) is 5.95 Å². The van der Waals surface area contributed by atoms with Gasteiger partial charge in [0, 0.05) is 38.2 Å². The predicted octanol–water partition coefficient (Wildman–Crippen LogP) is 13.5. The van der Waals surface area contributed by atoms with Crippen molar-refractivity contribution in [2.24, 2.45) is 0 Å². The summed E-state index contributed by atoms with van der Waals surface area (Å²) in [7, 11) is 0. The first-order chi connectivity index (χ1) is 27.8. The molecule has 0 N–H and O–H groups in total. The van der Waals surface area contributed by atoms with E-state index in [0.29, 0.717) is 5.95 Å². The standard InChI is InChI=1S/C52H30N4/c1-3-15-31(16-4-1)51-35-19-7-10-26-42(35)53-52(54-51)56-44-28-12-9-21-37(44)50-39-25-14-23-34-33-22-13-24-38-47(33)40(41(48(34)39)30-46(50)56)29-45-49(38)36-20-8-11-27-43(36)55(45)32-17-5-2-6-18-32/h1-30H. The van der Waals surface area contributed by atoms with E-state index in [4.69, 9.17) is 9.97 Å². The molecule has 0 unspecified atom stereocenters. The Morgan fingerprint density at radius 3 is 1.43 bits per heavy atom. The lowest BCUT2D eigenvalue weighted by molar-refractivity contribution is 1.01. The van der Waals surface area contributed by atoms with Crippen LogP contribution in [0.4, 0.5) is 0 Å². The number of benzene rings is 10. The maximum absolute atomic E-state index is 5.41. The third-order valence-electron chi connectivity index (χ3n) is 12.0. The largest absolute Gasteiger partial charge is 0.309 e. The first kappa shape index (κ1) is 29.8. The van der Waals surface area contributed by atoms with Crippen molar-refractivity contribution in [2.75, 3.05) is 0 Å². The van der Waals surface area contributed by atoms with Crippen molar-refractivity contribution in [1.82, 2.24) is 19.1 Å². The Bertz CT molecular complexity index is 3750. The van der Waals surface area contributed by atoms with Crippen LogP contribution in [0.3, 0.4) is 0 Å². The summed E-state index contributed by atoms with van der Waals surface area (Å²) in [6, 6.07) is 65.8. The summed E-state index contributed by atoms with van der Waals surface area (Å²) in [6.45, 7) is 0. The number of hydrogen-bond donors (Lipinski definition) is 0. The molecular weight excluding hydrogens is 681 g/mol. The van der Waals surface area contributed by atoms with Crippen LogP contribution in [0.5, 0.6) is 0 Å². The van der Waals surface area contributed by atoms with Gasteiger partial charge >= 0.3 is 0 Å². The van der Waals surface area contributed by atoms with Crippen LogP contribution in [0, 0.1) is 0 Å². The third kappa shape index (κ3) is 3.87. The Kier molecular flexibility index (Phi) is 5.86. The second-order valence-electron chi connectivity index (χ2n) is 14.9. The molecule has 3 aromatic heterocycles. The lowest BCUT2D eigenvalue weighted by Gasteiger charge is -2.17. The fourth-order valence-electron chi connectivity index (χ4n) is 9.80. The van der Waals surface area contributed by atoms with E-state index in [0.717, 1.165) is 38.9 Å². The van der Waals surface area contributed by atoms with Gasteiger partial charge in [-0.25, -0.2) is 9.97 Å². The Balaban J connectivity index is 1.24. The van der Waals surface area contributed by atoms with E-state index in [2.05, 4.69) is 191 Å². The van der Waals surface area contributed by atoms with E-state index >= 15 is 0 Å². The van der Waals surface area contributed by atoms with E-state index in [1.54, 1.807) is 0 Å². The molecule has 56 heavy (non-hydrogen) atoms. The molecule has 13 aromatic rings. The van der Waals surface area contributed by atoms with Gasteiger partial charge in [0.15, 0.2) is 0 Å². The molecule has 258 valence electrons. The Morgan fingerprint density at radius 2 is 0.786 bits per heavy atom. The molecule has 0 spiro atoms. The molecule has 3 heterocycles. The first-order valence-corrected chi connectivity index (χ1v) is 19.2. The summed E-state index contributed by atoms with van der Waals surface area (Å²) in [5.74, 6) is 0.664. The lowest BCUT2D eigenvalue weighted by Crippen LogP contribution is -2.03. The monoisotopic (exact) mass is 710 g/mol. The molecule has 0 saturated carbocycles. The van der Waals surface area contributed by atoms with E-state index in [1.165, 1.54) is 75.7 Å². The van der Waals surface area contributed by atoms with Gasteiger partial charge in [-0.15, -0.1) is 0 Å². The minimum absolute atomic E-state index is 0.664. The molecule has 0 bridgehead atoms. The van der Waals surface area contributed by atoms with Gasteiger partial charge in [0.1, 0.15) is 0 Å². The summed E-state index contributed by atoms with van der Waals surface area (Å²) in [5, 5.41) is 16.1. The number of nitrogens with zero attached hydrogens (tertiary/aromatic N) is 4. The topological polar surface area (TPSA) is 35.6 Å². The van der Waals surface area contributed by atoms with Gasteiger partial charge < -0.3 is 4.57 Å². The summed E-state index contributed by atoms with van der Waals surface area (Å²) in [6.07, 6.45) is 0. The number of hydrogen-bond acceptors (Lipinski definition) is 2. The normalized spacial score (nSPS) is 12.3. The van der Waals surface area contributed by atoms with Crippen molar-refractivity contribution in [3.05, 3.63) is 182 Å². The van der Waals surface area contributed by atoms with Crippen LogP contribution < -0.4 is 0 Å². The van der Waals surface area contributed by atoms with Gasteiger partial charge in [-0.1, -0.05) is 140 Å². The van der Waals surface area contributed by atoms with Crippen molar-refractivity contribution in [3.63, 3.8) is 0 Å². The summed E-state index contributed by atoms with van der Waals surface area (Å²) in [4.78, 5) is 10.7. The average molecular weight is 711 g/mol. The lowest BCUT2D eigenvalue weighted by atomic mass is 9.87. The molecule has 10 aromatic carbocycles. The minimum Gasteiger partial charge on any atom is -0.309 e. The Hall–Kier alpha value is -7.56. The smallest absolute Gasteiger partial charge is 0.235 e. The highest BCUT2D eigenvalue weighted by Crippen LogP contribution is 2.48. The SMILES string of the molecule is c1ccc(-c2nc(-n3c4ccccc4c4c5cccc6c7cccc8c7c(cc7c8c8ccccc8n7-c7ccccc7)c(cc43)c65)nc3ccccc23)cc1. The number of fused-ring (bicyclic) bond motifs is 11. The molecule has 0 radical (unpaired) electrons. The molecule has 4 heteroatoms. The van der Waals surface area contributed by atoms with Gasteiger partial charge in [-0.3, -0.25) is 4.57 Å². The molecule has 4 nitrogen and oxygen atoms in total. The van der Waals surface area contributed by atoms with Crippen molar-refractivity contribution < 1.29 is 0 Å². The Labute approximate surface area is 320 Å². The number of aromatic nitrogens is 4. The molecule has 0 fully saturated rings. The molecule has 0 aliphatic heterocycles. The zero-order valence-electron chi connectivity index (χ0n) is 30.1. The second kappa shape index (κ2) is 11.0. The van der Waals surface area contributed by atoms with Gasteiger partial charge in [0.05, 0.1) is 33.3 Å². The van der Waals surface area contributed by atoms with Crippen LogP contribution in [-0.4, -0.2) is 19.1 Å². The van der Waals surface area contributed by atoms with Crippen LogP contribution in [0.15, 0.2) is 182 Å². The molecular formula is C52H30N4. The second-order valence-corrected chi connectivity index (χ2v) is 14.9. The van der Waals surface area contributed by atoms with Gasteiger partial charge in [-0.05, 0) is 85.6 Å². The zero-order valence-corrected chi connectivity index (χ0v) is 30.1. The predicted molar refractivity (Wildman–Crippen MR) is 235 cm³/mol. The number of rotatable bonds is 3. The first-order valence-electron chi connectivity index (χ1n) is 19.2. The van der Waals surface area contributed by atoms with E-state index < -0.39 is 0 Å². The maximum atomic E-state index is 5.41. The van der Waals surface area contributed by atoms with E-state index in [-0.39, 0.29) is 0 Å².